The number of nitrogens with zero attached hydrogens (tertiary/aromatic N) is 1. The van der Waals surface area contributed by atoms with Gasteiger partial charge in [0.15, 0.2) is 5.13 Å². The molecular formula is C14H19N3O2S. The zero-order chi connectivity index (χ0) is 15.1. The van der Waals surface area contributed by atoms with E-state index in [1.165, 1.54) is 11.3 Å². The quantitative estimate of drug-likeness (QED) is 0.891. The van der Waals surface area contributed by atoms with E-state index in [2.05, 4.69) is 10.3 Å². The molecule has 1 aromatic heterocycles. The fraction of sp³-hybridized carbons (Fsp3) is 0.429. The Morgan fingerprint density at radius 2 is 2.10 bits per heavy atom. The van der Waals surface area contributed by atoms with Crippen LogP contribution in [0, 0.1) is 12.3 Å². The predicted molar refractivity (Wildman–Crippen MR) is 83.4 cm³/mol. The minimum Gasteiger partial charge on any atom is -0.494 e. The summed E-state index contributed by atoms with van der Waals surface area (Å²) in [6.45, 7) is 7.51. The Kier molecular flexibility index (Phi) is 3.60. The number of benzene rings is 1. The van der Waals surface area contributed by atoms with Crippen LogP contribution < -0.4 is 15.8 Å². The van der Waals surface area contributed by atoms with Crippen LogP contribution in [0.5, 0.6) is 5.75 Å². The monoisotopic (exact) mass is 293 g/mol. The summed E-state index contributed by atoms with van der Waals surface area (Å²) in [4.78, 5) is 16.4. The molecule has 0 radical (unpaired) electrons. The molecule has 2 aromatic rings. The topological polar surface area (TPSA) is 77.2 Å². The third-order valence-electron chi connectivity index (χ3n) is 3.02. The van der Waals surface area contributed by atoms with Crippen molar-refractivity contribution in [3.8, 4) is 5.75 Å². The number of nitrogens with two attached hydrogens (primary N) is 1. The molecule has 0 unspecified atom stereocenters. The fourth-order valence-electron chi connectivity index (χ4n) is 1.89. The number of methoxy groups -OCH3 is 1. The van der Waals surface area contributed by atoms with Crippen molar-refractivity contribution in [2.75, 3.05) is 18.2 Å². The van der Waals surface area contributed by atoms with E-state index in [9.17, 15) is 4.79 Å². The van der Waals surface area contributed by atoms with Crippen LogP contribution in [0.2, 0.25) is 0 Å². The largest absolute Gasteiger partial charge is 0.494 e. The summed E-state index contributed by atoms with van der Waals surface area (Å²) >= 11 is 1.39. The van der Waals surface area contributed by atoms with E-state index in [4.69, 9.17) is 10.5 Å². The fourth-order valence-corrected chi connectivity index (χ4v) is 2.72. The van der Waals surface area contributed by atoms with Gasteiger partial charge >= 0.3 is 0 Å². The van der Waals surface area contributed by atoms with E-state index < -0.39 is 5.41 Å². The van der Waals surface area contributed by atoms with Crippen LogP contribution in [0.3, 0.4) is 0 Å². The van der Waals surface area contributed by atoms with Gasteiger partial charge < -0.3 is 15.8 Å². The minimum atomic E-state index is -0.472. The summed E-state index contributed by atoms with van der Waals surface area (Å²) in [5.41, 5.74) is 7.63. The molecule has 0 aliphatic rings. The van der Waals surface area contributed by atoms with E-state index in [0.29, 0.717) is 16.6 Å². The summed E-state index contributed by atoms with van der Waals surface area (Å²) in [6.07, 6.45) is 0. The van der Waals surface area contributed by atoms with Gasteiger partial charge in [0.05, 0.1) is 23.0 Å². The molecule has 0 spiro atoms. The predicted octanol–water partition coefficient (Wildman–Crippen LogP) is 3.18. The first kappa shape index (κ1) is 14.6. The number of anilines is 2. The summed E-state index contributed by atoms with van der Waals surface area (Å²) in [5.74, 6) is 0.562. The summed E-state index contributed by atoms with van der Waals surface area (Å²) < 4.78 is 6.35. The Morgan fingerprint density at radius 3 is 2.65 bits per heavy atom. The highest BCUT2D eigenvalue weighted by Gasteiger charge is 2.23. The molecule has 2 rings (SSSR count). The molecule has 3 N–H and O–H groups in total. The zero-order valence-corrected chi connectivity index (χ0v) is 13.1. The van der Waals surface area contributed by atoms with Gasteiger partial charge in [-0.2, -0.15) is 0 Å². The lowest BCUT2D eigenvalue weighted by Crippen LogP contribution is -2.27. The van der Waals surface area contributed by atoms with E-state index in [1.807, 2.05) is 33.8 Å². The molecule has 0 aliphatic heterocycles. The molecule has 0 aliphatic carbocycles. The molecule has 20 heavy (non-hydrogen) atoms. The Morgan fingerprint density at radius 1 is 1.45 bits per heavy atom. The standard InChI is InChI=1S/C14H19N3O2S/c1-7-10-9(20-13(15)17-10)6-8(11(7)19-5)16-12(18)14(2,3)4/h6H,1-5H3,(H2,15,17)(H,16,18). The number of nitrogen functional groups attached to an aromatic ring is 1. The van der Waals surface area contributed by atoms with Gasteiger partial charge in [-0.3, -0.25) is 4.79 Å². The number of hydrogen-bond donors (Lipinski definition) is 2. The maximum atomic E-state index is 12.2. The molecule has 0 atom stereocenters. The molecule has 6 heteroatoms. The molecule has 0 fully saturated rings. The highest BCUT2D eigenvalue weighted by Crippen LogP contribution is 2.38. The summed E-state index contributed by atoms with van der Waals surface area (Å²) in [5, 5.41) is 3.42. The lowest BCUT2D eigenvalue weighted by atomic mass is 9.95. The smallest absolute Gasteiger partial charge is 0.229 e. The van der Waals surface area contributed by atoms with Crippen LogP contribution in [0.15, 0.2) is 6.07 Å². The molecule has 1 amide bonds. The lowest BCUT2D eigenvalue weighted by molar-refractivity contribution is -0.123. The summed E-state index contributed by atoms with van der Waals surface area (Å²) in [6, 6.07) is 1.86. The van der Waals surface area contributed by atoms with Crippen molar-refractivity contribution in [3.63, 3.8) is 0 Å². The Hall–Kier alpha value is -1.82. The third kappa shape index (κ3) is 2.56. The first-order valence-electron chi connectivity index (χ1n) is 6.29. The number of amides is 1. The van der Waals surface area contributed by atoms with Gasteiger partial charge in [-0.25, -0.2) is 4.98 Å². The van der Waals surface area contributed by atoms with Gasteiger partial charge in [0.1, 0.15) is 5.75 Å². The first-order chi connectivity index (χ1) is 9.24. The second-order valence-corrected chi connectivity index (χ2v) is 6.75. The van der Waals surface area contributed by atoms with Crippen molar-refractivity contribution in [1.29, 1.82) is 0 Å². The molecule has 0 saturated carbocycles. The zero-order valence-electron chi connectivity index (χ0n) is 12.3. The number of carbonyl (C=O) groups is 1. The normalized spacial score (nSPS) is 11.7. The van der Waals surface area contributed by atoms with Crippen LogP contribution >= 0.6 is 11.3 Å². The van der Waals surface area contributed by atoms with Crippen molar-refractivity contribution in [2.24, 2.45) is 5.41 Å². The number of aromatic nitrogens is 1. The van der Waals surface area contributed by atoms with E-state index in [-0.39, 0.29) is 5.91 Å². The second kappa shape index (κ2) is 4.94. The molecule has 108 valence electrons. The molecule has 0 bridgehead atoms. The second-order valence-electron chi connectivity index (χ2n) is 5.69. The van der Waals surface area contributed by atoms with E-state index >= 15 is 0 Å². The van der Waals surface area contributed by atoms with E-state index in [1.54, 1.807) is 7.11 Å². The number of thiazole rings is 1. The molecule has 5 nitrogen and oxygen atoms in total. The van der Waals surface area contributed by atoms with Gasteiger partial charge in [-0.05, 0) is 13.0 Å². The Bertz CT molecular complexity index is 671. The molecule has 1 aromatic carbocycles. The van der Waals surface area contributed by atoms with E-state index in [0.717, 1.165) is 15.8 Å². The maximum Gasteiger partial charge on any atom is 0.229 e. The number of ether oxygens (including phenoxy) is 1. The van der Waals surface area contributed by atoms with Crippen molar-refractivity contribution < 1.29 is 9.53 Å². The average Bonchev–Trinajstić information content (AvgIpc) is 2.69. The molecule has 0 saturated heterocycles. The van der Waals surface area contributed by atoms with Gasteiger partial charge in [0, 0.05) is 11.0 Å². The van der Waals surface area contributed by atoms with Crippen LogP contribution in [0.25, 0.3) is 10.2 Å². The maximum absolute atomic E-state index is 12.2. The van der Waals surface area contributed by atoms with Gasteiger partial charge in [-0.1, -0.05) is 32.1 Å². The highest BCUT2D eigenvalue weighted by atomic mass is 32.1. The number of hydrogen-bond acceptors (Lipinski definition) is 5. The number of fused-ring (bicyclic) bond motifs is 1. The number of carbonyl (C=O) groups excluding carboxylic acids is 1. The van der Waals surface area contributed by atoms with Crippen molar-refractivity contribution in [3.05, 3.63) is 11.6 Å². The lowest BCUT2D eigenvalue weighted by Gasteiger charge is -2.20. The Labute approximate surface area is 122 Å². The van der Waals surface area contributed by atoms with Gasteiger partial charge in [-0.15, -0.1) is 0 Å². The van der Waals surface area contributed by atoms with Crippen LogP contribution in [-0.2, 0) is 4.79 Å². The average molecular weight is 293 g/mol. The highest BCUT2D eigenvalue weighted by molar-refractivity contribution is 7.22. The minimum absolute atomic E-state index is 0.0629. The number of rotatable bonds is 2. The van der Waals surface area contributed by atoms with Crippen molar-refractivity contribution in [2.45, 2.75) is 27.7 Å². The van der Waals surface area contributed by atoms with Crippen LogP contribution in [0.4, 0.5) is 10.8 Å². The van der Waals surface area contributed by atoms with Crippen molar-refractivity contribution >= 4 is 38.3 Å². The van der Waals surface area contributed by atoms with Gasteiger partial charge in [0.25, 0.3) is 0 Å². The van der Waals surface area contributed by atoms with Crippen molar-refractivity contribution in [1.82, 2.24) is 4.98 Å². The molecular weight excluding hydrogens is 274 g/mol. The first-order valence-corrected chi connectivity index (χ1v) is 7.10. The van der Waals surface area contributed by atoms with Crippen LogP contribution in [0.1, 0.15) is 26.3 Å². The molecule has 1 heterocycles. The number of aryl methyl sites for hydroxylation is 1. The SMILES string of the molecule is COc1c(NC(=O)C(C)(C)C)cc2sc(N)nc2c1C. The van der Waals surface area contributed by atoms with Gasteiger partial charge in [0.2, 0.25) is 5.91 Å². The Balaban J connectivity index is 2.55. The number of nitrogens with one attached hydrogen (secondary N) is 1. The summed E-state index contributed by atoms with van der Waals surface area (Å²) in [7, 11) is 1.58. The van der Waals surface area contributed by atoms with Crippen LogP contribution in [-0.4, -0.2) is 18.0 Å². The third-order valence-corrected chi connectivity index (χ3v) is 3.85.